The van der Waals surface area contributed by atoms with Crippen LogP contribution in [-0.4, -0.2) is 64.7 Å². The highest BCUT2D eigenvalue weighted by atomic mass is 19.1. The van der Waals surface area contributed by atoms with Crippen LogP contribution in [0.4, 0.5) is 8.78 Å². The van der Waals surface area contributed by atoms with Gasteiger partial charge in [0.1, 0.15) is 23.3 Å². The van der Waals surface area contributed by atoms with Crippen LogP contribution in [0.15, 0.2) is 60.8 Å². The summed E-state index contributed by atoms with van der Waals surface area (Å²) in [5.74, 6) is -0.711. The molecule has 0 bridgehead atoms. The Hall–Kier alpha value is -3.36. The van der Waals surface area contributed by atoms with E-state index in [4.69, 9.17) is 4.74 Å². The number of aliphatic hydroxyl groups excluding tert-OH is 1. The van der Waals surface area contributed by atoms with Crippen molar-refractivity contribution in [2.24, 2.45) is 5.92 Å². The number of hydrogen-bond donors (Lipinski definition) is 1. The van der Waals surface area contributed by atoms with Gasteiger partial charge in [-0.15, -0.1) is 0 Å². The number of fused-ring (bicyclic) bond motifs is 1. The molecule has 0 saturated heterocycles. The number of hydrogen-bond acceptors (Lipinski definition) is 5. The normalized spacial score (nSPS) is 18.9. The molecule has 3 aromatic rings. The van der Waals surface area contributed by atoms with Crippen LogP contribution in [0, 0.1) is 17.6 Å². The fraction of sp³-hybridized carbons (Fsp3) is 0.357. The van der Waals surface area contributed by atoms with Gasteiger partial charge in [-0.25, -0.2) is 13.8 Å². The van der Waals surface area contributed by atoms with Gasteiger partial charge in [0.15, 0.2) is 0 Å². The van der Waals surface area contributed by atoms with Crippen LogP contribution >= 0.6 is 0 Å². The smallest absolute Gasteiger partial charge is 0.259 e. The molecule has 2 heterocycles. The number of ether oxygens (including phenoxy) is 1. The SMILES string of the molecule is C[C@H]1CN([C@@H](C)CO)C(=O)c2cc(-c3ccc(F)cc3)cnc2O[C@@H]1CN(C)Cc1ccc(F)cc1. The van der Waals surface area contributed by atoms with Gasteiger partial charge in [-0.1, -0.05) is 31.2 Å². The molecule has 0 aliphatic carbocycles. The Bertz CT molecular complexity index is 1190. The summed E-state index contributed by atoms with van der Waals surface area (Å²) in [5, 5.41) is 9.84. The van der Waals surface area contributed by atoms with Gasteiger partial charge >= 0.3 is 0 Å². The molecule has 0 radical (unpaired) electrons. The molecule has 2 aromatic carbocycles. The van der Waals surface area contributed by atoms with E-state index < -0.39 is 6.04 Å². The number of amides is 1. The average molecular weight is 496 g/mol. The maximum atomic E-state index is 13.6. The van der Waals surface area contributed by atoms with Crippen LogP contribution in [0.5, 0.6) is 5.88 Å². The number of rotatable bonds is 7. The van der Waals surface area contributed by atoms with E-state index in [1.54, 1.807) is 48.4 Å². The summed E-state index contributed by atoms with van der Waals surface area (Å²) >= 11 is 0. The van der Waals surface area contributed by atoms with Crippen molar-refractivity contribution in [1.82, 2.24) is 14.8 Å². The third kappa shape index (κ3) is 5.88. The van der Waals surface area contributed by atoms with Crippen molar-refractivity contribution >= 4 is 5.91 Å². The molecule has 1 aliphatic heterocycles. The van der Waals surface area contributed by atoms with E-state index in [1.165, 1.54) is 24.3 Å². The second-order valence-electron chi connectivity index (χ2n) is 9.53. The molecule has 3 atom stereocenters. The minimum Gasteiger partial charge on any atom is -0.472 e. The zero-order chi connectivity index (χ0) is 25.8. The summed E-state index contributed by atoms with van der Waals surface area (Å²) < 4.78 is 33.0. The van der Waals surface area contributed by atoms with Crippen molar-refractivity contribution in [2.75, 3.05) is 26.7 Å². The molecular formula is C28H31F2N3O3. The Balaban J connectivity index is 1.64. The quantitative estimate of drug-likeness (QED) is 0.527. The van der Waals surface area contributed by atoms with Gasteiger partial charge in [0, 0.05) is 37.3 Å². The largest absolute Gasteiger partial charge is 0.472 e. The molecule has 1 aliphatic rings. The summed E-state index contributed by atoms with van der Waals surface area (Å²) in [6.07, 6.45) is 1.32. The van der Waals surface area contributed by atoms with Gasteiger partial charge in [0.25, 0.3) is 5.91 Å². The average Bonchev–Trinajstić information content (AvgIpc) is 2.87. The Labute approximate surface area is 210 Å². The summed E-state index contributed by atoms with van der Waals surface area (Å²) in [6.45, 7) is 5.20. The van der Waals surface area contributed by atoms with Crippen molar-refractivity contribution in [3.8, 4) is 17.0 Å². The molecule has 36 heavy (non-hydrogen) atoms. The van der Waals surface area contributed by atoms with E-state index >= 15 is 0 Å². The number of nitrogens with zero attached hydrogens (tertiary/aromatic N) is 3. The number of pyridine rings is 1. The monoisotopic (exact) mass is 495 g/mol. The maximum absolute atomic E-state index is 13.6. The van der Waals surface area contributed by atoms with Gasteiger partial charge in [0.05, 0.1) is 12.6 Å². The highest BCUT2D eigenvalue weighted by Crippen LogP contribution is 2.30. The number of likely N-dealkylation sites (N-methyl/N-ethyl adjacent to an activating group) is 1. The Kier molecular flexibility index (Phi) is 7.96. The van der Waals surface area contributed by atoms with Gasteiger partial charge in [-0.3, -0.25) is 9.69 Å². The predicted octanol–water partition coefficient (Wildman–Crippen LogP) is 4.38. The lowest BCUT2D eigenvalue weighted by atomic mass is 9.99. The van der Waals surface area contributed by atoms with Crippen LogP contribution in [0.1, 0.15) is 29.8 Å². The van der Waals surface area contributed by atoms with Crippen LogP contribution in [0.25, 0.3) is 11.1 Å². The van der Waals surface area contributed by atoms with Crippen LogP contribution in [-0.2, 0) is 6.54 Å². The molecule has 4 rings (SSSR count). The van der Waals surface area contributed by atoms with E-state index in [1.807, 2.05) is 14.0 Å². The minimum atomic E-state index is -0.391. The number of aromatic nitrogens is 1. The summed E-state index contributed by atoms with van der Waals surface area (Å²) in [4.78, 5) is 21.8. The maximum Gasteiger partial charge on any atom is 0.259 e. The third-order valence-corrected chi connectivity index (χ3v) is 6.56. The first kappa shape index (κ1) is 25.7. The first-order valence-corrected chi connectivity index (χ1v) is 12.0. The molecule has 190 valence electrons. The summed E-state index contributed by atoms with van der Waals surface area (Å²) in [5.41, 5.74) is 2.67. The zero-order valence-corrected chi connectivity index (χ0v) is 20.7. The number of carbonyl (C=O) groups is 1. The van der Waals surface area contributed by atoms with E-state index in [9.17, 15) is 18.7 Å². The predicted molar refractivity (Wildman–Crippen MR) is 134 cm³/mol. The molecule has 0 spiro atoms. The highest BCUT2D eigenvalue weighted by Gasteiger charge is 2.34. The lowest BCUT2D eigenvalue weighted by Gasteiger charge is -2.37. The first-order valence-electron chi connectivity index (χ1n) is 12.0. The van der Waals surface area contributed by atoms with Gasteiger partial charge in [-0.05, 0) is 55.4 Å². The van der Waals surface area contributed by atoms with E-state index in [0.717, 1.165) is 11.1 Å². The zero-order valence-electron chi connectivity index (χ0n) is 20.7. The van der Waals surface area contributed by atoms with Crippen molar-refractivity contribution in [3.05, 3.63) is 83.6 Å². The third-order valence-electron chi connectivity index (χ3n) is 6.56. The second kappa shape index (κ2) is 11.1. The lowest BCUT2D eigenvalue weighted by Crippen LogP contribution is -2.49. The number of halogens is 2. The molecule has 1 N–H and O–H groups in total. The Morgan fingerprint density at radius 2 is 1.75 bits per heavy atom. The van der Waals surface area contributed by atoms with E-state index in [-0.39, 0.29) is 42.1 Å². The Morgan fingerprint density at radius 1 is 1.11 bits per heavy atom. The van der Waals surface area contributed by atoms with Gasteiger partial charge in [-0.2, -0.15) is 0 Å². The molecule has 6 nitrogen and oxygen atoms in total. The minimum absolute atomic E-state index is 0.0506. The molecule has 0 saturated carbocycles. The van der Waals surface area contributed by atoms with Crippen LogP contribution in [0.2, 0.25) is 0 Å². The van der Waals surface area contributed by atoms with Crippen molar-refractivity contribution < 1.29 is 23.4 Å². The Morgan fingerprint density at radius 3 is 2.39 bits per heavy atom. The van der Waals surface area contributed by atoms with Crippen LogP contribution < -0.4 is 4.74 Å². The fourth-order valence-electron chi connectivity index (χ4n) is 4.39. The van der Waals surface area contributed by atoms with Crippen LogP contribution in [0.3, 0.4) is 0 Å². The number of carbonyl (C=O) groups excluding carboxylic acids is 1. The molecular weight excluding hydrogens is 464 g/mol. The standard InChI is InChI=1S/C28H31F2N3O3/c1-18-14-33(19(2)17-34)28(35)25-12-22(21-6-10-24(30)11-7-21)13-31-27(25)36-26(18)16-32(3)15-20-4-8-23(29)9-5-20/h4-13,18-19,26,34H,14-17H2,1-3H3/t18-,19-,26+/m0/s1. The summed E-state index contributed by atoms with van der Waals surface area (Å²) in [7, 11) is 1.96. The lowest BCUT2D eigenvalue weighted by molar-refractivity contribution is 0.0325. The molecule has 1 aromatic heterocycles. The van der Waals surface area contributed by atoms with E-state index in [0.29, 0.717) is 30.8 Å². The molecule has 0 unspecified atom stereocenters. The molecule has 8 heteroatoms. The van der Waals surface area contributed by atoms with Crippen molar-refractivity contribution in [3.63, 3.8) is 0 Å². The molecule has 0 fully saturated rings. The number of benzene rings is 2. The summed E-state index contributed by atoms with van der Waals surface area (Å²) in [6, 6.07) is 13.7. The fourth-order valence-corrected chi connectivity index (χ4v) is 4.39. The molecule has 1 amide bonds. The topological polar surface area (TPSA) is 65.9 Å². The first-order chi connectivity index (χ1) is 17.2. The van der Waals surface area contributed by atoms with Gasteiger partial charge in [0.2, 0.25) is 5.88 Å². The van der Waals surface area contributed by atoms with Gasteiger partial charge < -0.3 is 14.7 Å². The highest BCUT2D eigenvalue weighted by molar-refractivity contribution is 5.98. The number of aliphatic hydroxyl groups is 1. The van der Waals surface area contributed by atoms with Crippen molar-refractivity contribution in [1.29, 1.82) is 0 Å². The van der Waals surface area contributed by atoms with Crippen molar-refractivity contribution in [2.45, 2.75) is 32.5 Å². The second-order valence-corrected chi connectivity index (χ2v) is 9.53. The van der Waals surface area contributed by atoms with E-state index in [2.05, 4.69) is 9.88 Å².